The molecule has 5 atom stereocenters. The predicted octanol–water partition coefficient (Wildman–Crippen LogP) is 6.14. The topological polar surface area (TPSA) is 89.8 Å². The maximum Gasteiger partial charge on any atom is 0.166 e. The van der Waals surface area contributed by atoms with Crippen LogP contribution in [0.15, 0.2) is 12.7 Å². The smallest absolute Gasteiger partial charge is 0.166 e. The van der Waals surface area contributed by atoms with E-state index in [9.17, 15) is 0 Å². The number of aromatic nitrogens is 4. The molecule has 38 heavy (non-hydrogen) atoms. The Labute approximate surface area is 232 Å². The van der Waals surface area contributed by atoms with Crippen LogP contribution in [-0.4, -0.2) is 77.0 Å². The van der Waals surface area contributed by atoms with Gasteiger partial charge in [-0.25, -0.2) is 15.0 Å². The molecule has 1 fully saturated rings. The van der Waals surface area contributed by atoms with E-state index in [1.165, 1.54) is 6.33 Å². The summed E-state index contributed by atoms with van der Waals surface area (Å²) in [6.07, 6.45) is 10.3. The van der Waals surface area contributed by atoms with Crippen molar-refractivity contribution in [3.05, 3.63) is 17.8 Å². The maximum absolute atomic E-state index is 6.81. The van der Waals surface area contributed by atoms with Gasteiger partial charge in [-0.3, -0.25) is 4.57 Å². The van der Waals surface area contributed by atoms with Crippen LogP contribution in [0.25, 0.3) is 11.2 Å². The third kappa shape index (κ3) is 8.83. The van der Waals surface area contributed by atoms with Crippen LogP contribution in [0.4, 0.5) is 0 Å². The number of imidazole rings is 1. The molecule has 0 unspecified atom stereocenters. The number of halogens is 1. The van der Waals surface area contributed by atoms with E-state index in [1.807, 2.05) is 4.57 Å². The van der Waals surface area contributed by atoms with E-state index in [2.05, 4.69) is 42.6 Å². The molecule has 0 saturated carbocycles. The minimum Gasteiger partial charge on any atom is -0.379 e. The van der Waals surface area contributed by atoms with Crippen LogP contribution in [0.2, 0.25) is 5.15 Å². The Balaban J connectivity index is 1.98. The zero-order valence-corrected chi connectivity index (χ0v) is 24.4. The minimum atomic E-state index is -0.408. The van der Waals surface area contributed by atoms with Gasteiger partial charge >= 0.3 is 0 Å². The Bertz CT molecular complexity index is 916. The summed E-state index contributed by atoms with van der Waals surface area (Å²) in [5.74, 6) is 0. The first-order chi connectivity index (χ1) is 18.6. The lowest BCUT2D eigenvalue weighted by Gasteiger charge is -2.34. The Morgan fingerprint density at radius 2 is 1.47 bits per heavy atom. The van der Waals surface area contributed by atoms with Gasteiger partial charge in [0.05, 0.1) is 19.0 Å². The Morgan fingerprint density at radius 3 is 2.16 bits per heavy atom. The third-order valence-electron chi connectivity index (χ3n) is 6.82. The van der Waals surface area contributed by atoms with Crippen LogP contribution in [-0.2, 0) is 23.7 Å². The summed E-state index contributed by atoms with van der Waals surface area (Å²) in [6, 6.07) is 0. The molecule has 1 aliphatic heterocycles. The largest absolute Gasteiger partial charge is 0.379 e. The highest BCUT2D eigenvalue weighted by molar-refractivity contribution is 6.33. The fraction of sp³-hybridized carbons (Fsp3) is 0.821. The summed E-state index contributed by atoms with van der Waals surface area (Å²) in [7, 11) is 0. The summed E-state index contributed by atoms with van der Waals surface area (Å²) >= 11 is 6.32. The van der Waals surface area contributed by atoms with Gasteiger partial charge in [0.25, 0.3) is 0 Å². The maximum atomic E-state index is 6.81. The lowest BCUT2D eigenvalue weighted by molar-refractivity contribution is -0.176. The van der Waals surface area contributed by atoms with Crippen LogP contribution in [0.3, 0.4) is 0 Å². The van der Waals surface area contributed by atoms with Crippen LogP contribution >= 0.6 is 11.6 Å². The molecule has 3 rings (SSSR count). The number of fused-ring (bicyclic) bond motifs is 1. The highest BCUT2D eigenvalue weighted by atomic mass is 35.5. The second-order valence-corrected chi connectivity index (χ2v) is 10.3. The first-order valence-corrected chi connectivity index (χ1v) is 14.9. The van der Waals surface area contributed by atoms with E-state index in [-0.39, 0.29) is 24.4 Å². The predicted molar refractivity (Wildman–Crippen MR) is 149 cm³/mol. The van der Waals surface area contributed by atoms with Crippen molar-refractivity contribution in [2.75, 3.05) is 33.0 Å². The molecule has 10 heteroatoms. The van der Waals surface area contributed by atoms with Crippen molar-refractivity contribution in [3.63, 3.8) is 0 Å². The van der Waals surface area contributed by atoms with Crippen molar-refractivity contribution in [1.82, 2.24) is 19.5 Å². The molecule has 2 aromatic heterocycles. The summed E-state index contributed by atoms with van der Waals surface area (Å²) < 4.78 is 34.5. The number of rotatable bonds is 18. The fourth-order valence-corrected chi connectivity index (χ4v) is 4.73. The molecule has 1 saturated heterocycles. The molecular weight excluding hydrogens is 508 g/mol. The van der Waals surface area contributed by atoms with Crippen LogP contribution < -0.4 is 0 Å². The van der Waals surface area contributed by atoms with Gasteiger partial charge in [0.15, 0.2) is 10.8 Å². The number of nitrogens with zero attached hydrogens (tertiary/aromatic N) is 4. The van der Waals surface area contributed by atoms with Gasteiger partial charge in [-0.2, -0.15) is 0 Å². The van der Waals surface area contributed by atoms with Crippen molar-refractivity contribution in [2.45, 2.75) is 116 Å². The lowest BCUT2D eigenvalue weighted by Crippen LogP contribution is -2.49. The molecule has 0 radical (unpaired) electrons. The first-order valence-electron chi connectivity index (χ1n) is 14.5. The summed E-state index contributed by atoms with van der Waals surface area (Å²) in [6.45, 7) is 11.7. The molecule has 0 aliphatic carbocycles. The fourth-order valence-electron chi connectivity index (χ4n) is 4.56. The number of hydrogen-bond acceptors (Lipinski definition) is 8. The van der Waals surface area contributed by atoms with Gasteiger partial charge < -0.3 is 23.7 Å². The summed E-state index contributed by atoms with van der Waals surface area (Å²) in [5, 5.41) is 0.319. The Morgan fingerprint density at radius 1 is 0.842 bits per heavy atom. The number of ether oxygens (including phenoxy) is 5. The molecule has 0 bridgehead atoms. The number of unbranched alkanes of at least 4 members (excludes halogenated alkanes) is 4. The zero-order valence-electron chi connectivity index (χ0n) is 23.6. The van der Waals surface area contributed by atoms with Crippen molar-refractivity contribution in [1.29, 1.82) is 0 Å². The average Bonchev–Trinajstić information content (AvgIpc) is 3.30. The molecule has 0 N–H and O–H groups in total. The molecule has 0 amide bonds. The van der Waals surface area contributed by atoms with Gasteiger partial charge in [-0.15, -0.1) is 0 Å². The average molecular weight is 555 g/mol. The molecule has 0 aromatic carbocycles. The van der Waals surface area contributed by atoms with Gasteiger partial charge in [0.2, 0.25) is 0 Å². The lowest BCUT2D eigenvalue weighted by atomic mass is 10.0. The zero-order chi connectivity index (χ0) is 27.2. The first kappa shape index (κ1) is 31.2. The standard InChI is InChI=1S/C28H47ClN4O5/c1-5-9-13-34-18-22-26(37-16-12-8-4)25(36-15-11-7-3)21(35-14-10-6-2)17-23(38-22)33-20-32-24-27(29)30-19-31-28(24)33/h19-23,25-26H,5-18H2,1-4H3/t21-,22+,23+,25+,26+/m0/s1. The normalized spacial score (nSPS) is 24.2. The van der Waals surface area contributed by atoms with E-state index < -0.39 is 6.23 Å². The molecule has 3 heterocycles. The van der Waals surface area contributed by atoms with Gasteiger partial charge in [0.1, 0.15) is 36.4 Å². The van der Waals surface area contributed by atoms with Crippen LogP contribution in [0.1, 0.15) is 91.7 Å². The van der Waals surface area contributed by atoms with Gasteiger partial charge in [0, 0.05) is 32.8 Å². The SMILES string of the molecule is CCCCOC[C@H]1O[C@@H](n2cnc3c(Cl)ncnc32)C[C@H](OCCCC)[C@@H](OCCCC)[C@@H]1OCCCC. The molecule has 216 valence electrons. The van der Waals surface area contributed by atoms with Crippen LogP contribution in [0, 0.1) is 0 Å². The quantitative estimate of drug-likeness (QED) is 0.160. The molecular formula is C28H47ClN4O5. The van der Waals surface area contributed by atoms with Crippen molar-refractivity contribution < 1.29 is 23.7 Å². The van der Waals surface area contributed by atoms with Crippen molar-refractivity contribution >= 4 is 22.8 Å². The summed E-state index contributed by atoms with van der Waals surface area (Å²) in [4.78, 5) is 13.0. The molecule has 0 spiro atoms. The van der Waals surface area contributed by atoms with E-state index in [0.717, 1.165) is 51.4 Å². The monoisotopic (exact) mass is 554 g/mol. The van der Waals surface area contributed by atoms with E-state index >= 15 is 0 Å². The van der Waals surface area contributed by atoms with Crippen molar-refractivity contribution in [2.24, 2.45) is 0 Å². The Kier molecular flexibility index (Phi) is 14.2. The van der Waals surface area contributed by atoms with Crippen LogP contribution in [0.5, 0.6) is 0 Å². The number of hydrogen-bond donors (Lipinski definition) is 0. The van der Waals surface area contributed by atoms with E-state index in [0.29, 0.717) is 55.8 Å². The van der Waals surface area contributed by atoms with Gasteiger partial charge in [-0.05, 0) is 25.7 Å². The molecule has 1 aliphatic rings. The minimum absolute atomic E-state index is 0.231. The highest BCUT2D eigenvalue weighted by Gasteiger charge is 2.44. The second-order valence-electron chi connectivity index (χ2n) is 9.92. The summed E-state index contributed by atoms with van der Waals surface area (Å²) in [5.41, 5.74) is 1.18. The molecule has 2 aromatic rings. The van der Waals surface area contributed by atoms with Crippen molar-refractivity contribution in [3.8, 4) is 0 Å². The van der Waals surface area contributed by atoms with E-state index in [1.54, 1.807) is 6.33 Å². The van der Waals surface area contributed by atoms with Gasteiger partial charge in [-0.1, -0.05) is 65.0 Å². The Hall–Kier alpha value is -1.36. The highest BCUT2D eigenvalue weighted by Crippen LogP contribution is 2.34. The molecule has 9 nitrogen and oxygen atoms in total. The third-order valence-corrected chi connectivity index (χ3v) is 7.09. The second kappa shape index (κ2) is 17.4. The van der Waals surface area contributed by atoms with E-state index in [4.69, 9.17) is 35.3 Å².